The fourth-order valence-electron chi connectivity index (χ4n) is 8.92. The molecule has 1 aromatic heterocycles. The smallest absolute Gasteiger partial charge is 0.155 e. The molecule has 0 unspecified atom stereocenters. The first-order chi connectivity index (χ1) is 17.3. The minimum absolute atomic E-state index is 0. The SMILES string of the molecule is C[C@]12CC(=O)[C@H]3[C@@H](CCC4=CC(=O)CC[C@@]43C)[C@@H]1CC[C@@H]2C(=O)CN1CCN(c2ccccn2)CC1.Cl. The molecule has 5 aliphatic rings. The molecule has 3 saturated carbocycles. The molecule has 2 heterocycles. The van der Waals surface area contributed by atoms with Crippen molar-refractivity contribution in [3.05, 3.63) is 36.0 Å². The van der Waals surface area contributed by atoms with Crippen LogP contribution in [0.4, 0.5) is 5.82 Å². The monoisotopic (exact) mass is 525 g/mol. The number of carbonyl (C=O) groups excluding carboxylic acids is 3. The lowest BCUT2D eigenvalue weighted by Gasteiger charge is -2.56. The van der Waals surface area contributed by atoms with Gasteiger partial charge >= 0.3 is 0 Å². The fraction of sp³-hybridized carbons (Fsp3) is 0.667. The van der Waals surface area contributed by atoms with Crippen molar-refractivity contribution in [2.24, 2.45) is 34.5 Å². The summed E-state index contributed by atoms with van der Waals surface area (Å²) in [4.78, 5) is 48.6. The Morgan fingerprint density at radius 3 is 2.57 bits per heavy atom. The lowest BCUT2D eigenvalue weighted by Crippen LogP contribution is -2.56. The van der Waals surface area contributed by atoms with Gasteiger partial charge in [0, 0.05) is 57.1 Å². The fourth-order valence-corrected chi connectivity index (χ4v) is 8.92. The Hall–Kier alpha value is -2.05. The van der Waals surface area contributed by atoms with Crippen molar-refractivity contribution in [3.8, 4) is 0 Å². The van der Waals surface area contributed by atoms with Crippen LogP contribution >= 0.6 is 12.4 Å². The maximum atomic E-state index is 13.8. The minimum atomic E-state index is -0.215. The molecule has 0 radical (unpaired) electrons. The second-order valence-corrected chi connectivity index (χ2v) is 12.5. The van der Waals surface area contributed by atoms with Crippen molar-refractivity contribution in [2.45, 2.75) is 58.8 Å². The predicted octanol–water partition coefficient (Wildman–Crippen LogP) is 4.52. The predicted molar refractivity (Wildman–Crippen MR) is 146 cm³/mol. The van der Waals surface area contributed by atoms with Crippen LogP contribution < -0.4 is 4.90 Å². The number of anilines is 1. The van der Waals surface area contributed by atoms with Crippen molar-refractivity contribution in [1.82, 2.24) is 9.88 Å². The molecule has 4 fully saturated rings. The van der Waals surface area contributed by atoms with Gasteiger partial charge in [0.2, 0.25) is 0 Å². The topological polar surface area (TPSA) is 70.6 Å². The zero-order valence-electron chi connectivity index (χ0n) is 22.2. The molecule has 0 aromatic carbocycles. The van der Waals surface area contributed by atoms with Crippen LogP contribution in [0, 0.1) is 34.5 Å². The van der Waals surface area contributed by atoms with E-state index in [9.17, 15) is 14.4 Å². The van der Waals surface area contributed by atoms with Crippen LogP contribution in [0.2, 0.25) is 0 Å². The average Bonchev–Trinajstić information content (AvgIpc) is 3.22. The zero-order valence-corrected chi connectivity index (χ0v) is 23.0. The number of Topliss-reactive ketones (excluding diaryl/α,β-unsaturated/α-hetero) is 2. The molecule has 1 aliphatic heterocycles. The lowest BCUT2D eigenvalue weighted by atomic mass is 9.46. The molecule has 6 nitrogen and oxygen atoms in total. The summed E-state index contributed by atoms with van der Waals surface area (Å²) in [5.41, 5.74) is 0.838. The molecule has 7 heteroatoms. The summed E-state index contributed by atoms with van der Waals surface area (Å²) in [6.07, 6.45) is 9.48. The van der Waals surface area contributed by atoms with Gasteiger partial charge in [-0.1, -0.05) is 25.5 Å². The van der Waals surface area contributed by atoms with Gasteiger partial charge in [-0.25, -0.2) is 4.98 Å². The van der Waals surface area contributed by atoms with Gasteiger partial charge in [-0.3, -0.25) is 19.3 Å². The number of ketones is 3. The number of pyridine rings is 1. The average molecular weight is 526 g/mol. The molecule has 6 atom stereocenters. The van der Waals surface area contributed by atoms with E-state index in [1.165, 1.54) is 5.57 Å². The summed E-state index contributed by atoms with van der Waals surface area (Å²) in [5, 5.41) is 0. The van der Waals surface area contributed by atoms with E-state index in [-0.39, 0.29) is 40.9 Å². The number of hydrogen-bond donors (Lipinski definition) is 0. The Bertz CT molecular complexity index is 1100. The first-order valence-electron chi connectivity index (χ1n) is 14.0. The Balaban J connectivity index is 0.00000280. The van der Waals surface area contributed by atoms with Crippen molar-refractivity contribution < 1.29 is 14.4 Å². The van der Waals surface area contributed by atoms with Gasteiger partial charge in [0.05, 0.1) is 6.54 Å². The Morgan fingerprint density at radius 2 is 1.84 bits per heavy atom. The molecule has 6 rings (SSSR count). The van der Waals surface area contributed by atoms with E-state index in [2.05, 4.69) is 28.6 Å². The second-order valence-electron chi connectivity index (χ2n) is 12.5. The van der Waals surface area contributed by atoms with E-state index in [1.807, 2.05) is 30.5 Å². The van der Waals surface area contributed by atoms with E-state index < -0.39 is 0 Å². The number of nitrogens with zero attached hydrogens (tertiary/aromatic N) is 3. The van der Waals surface area contributed by atoms with Crippen LogP contribution in [-0.2, 0) is 14.4 Å². The van der Waals surface area contributed by atoms with Gasteiger partial charge in [0.25, 0.3) is 0 Å². The molecule has 200 valence electrons. The van der Waals surface area contributed by atoms with E-state index in [0.717, 1.165) is 64.1 Å². The minimum Gasteiger partial charge on any atom is -0.354 e. The van der Waals surface area contributed by atoms with Gasteiger partial charge in [-0.15, -0.1) is 12.4 Å². The van der Waals surface area contributed by atoms with Crippen molar-refractivity contribution in [1.29, 1.82) is 0 Å². The number of fused-ring (bicyclic) bond motifs is 5. The highest BCUT2D eigenvalue weighted by Gasteiger charge is 2.63. The third kappa shape index (κ3) is 4.38. The molecule has 0 N–H and O–H groups in total. The highest BCUT2D eigenvalue weighted by Crippen LogP contribution is 2.65. The summed E-state index contributed by atoms with van der Waals surface area (Å²) >= 11 is 0. The first kappa shape index (κ1) is 26.6. The highest BCUT2D eigenvalue weighted by atomic mass is 35.5. The molecular weight excluding hydrogens is 486 g/mol. The zero-order chi connectivity index (χ0) is 25.1. The van der Waals surface area contributed by atoms with Crippen LogP contribution in [0.15, 0.2) is 36.0 Å². The van der Waals surface area contributed by atoms with Gasteiger partial charge in [-0.05, 0) is 73.0 Å². The number of allylic oxidation sites excluding steroid dienone is 1. The van der Waals surface area contributed by atoms with Gasteiger partial charge in [0.1, 0.15) is 17.4 Å². The maximum absolute atomic E-state index is 13.8. The normalized spacial score (nSPS) is 37.7. The van der Waals surface area contributed by atoms with E-state index >= 15 is 0 Å². The molecule has 37 heavy (non-hydrogen) atoms. The van der Waals surface area contributed by atoms with Gasteiger partial charge < -0.3 is 4.90 Å². The molecule has 0 spiro atoms. The molecule has 0 bridgehead atoms. The Kier molecular flexibility index (Phi) is 7.12. The summed E-state index contributed by atoms with van der Waals surface area (Å²) in [6, 6.07) is 6.00. The van der Waals surface area contributed by atoms with Crippen LogP contribution in [0.1, 0.15) is 58.8 Å². The van der Waals surface area contributed by atoms with Crippen LogP contribution in [0.5, 0.6) is 0 Å². The molecular formula is C30H40ClN3O3. The number of halogens is 1. The third-order valence-electron chi connectivity index (χ3n) is 10.8. The molecule has 0 amide bonds. The van der Waals surface area contributed by atoms with Gasteiger partial charge in [0.15, 0.2) is 5.78 Å². The number of rotatable bonds is 4. The highest BCUT2D eigenvalue weighted by molar-refractivity contribution is 5.93. The molecule has 1 saturated heterocycles. The Labute approximate surface area is 226 Å². The van der Waals surface area contributed by atoms with E-state index in [1.54, 1.807) is 0 Å². The van der Waals surface area contributed by atoms with Crippen molar-refractivity contribution in [3.63, 3.8) is 0 Å². The number of piperazine rings is 1. The largest absolute Gasteiger partial charge is 0.354 e. The number of aromatic nitrogens is 1. The molecule has 1 aromatic rings. The lowest BCUT2D eigenvalue weighted by molar-refractivity contribution is -0.148. The Morgan fingerprint density at radius 1 is 1.05 bits per heavy atom. The van der Waals surface area contributed by atoms with Crippen LogP contribution in [0.3, 0.4) is 0 Å². The number of carbonyl (C=O) groups is 3. The molecule has 4 aliphatic carbocycles. The second kappa shape index (κ2) is 9.92. The summed E-state index contributed by atoms with van der Waals surface area (Å²) in [5.74, 6) is 2.72. The van der Waals surface area contributed by atoms with Crippen molar-refractivity contribution in [2.75, 3.05) is 37.6 Å². The summed E-state index contributed by atoms with van der Waals surface area (Å²) in [6.45, 7) is 8.49. The van der Waals surface area contributed by atoms with Crippen LogP contribution in [-0.4, -0.2) is 60.0 Å². The maximum Gasteiger partial charge on any atom is 0.155 e. The summed E-state index contributed by atoms with van der Waals surface area (Å²) in [7, 11) is 0. The van der Waals surface area contributed by atoms with Crippen LogP contribution in [0.25, 0.3) is 0 Å². The third-order valence-corrected chi connectivity index (χ3v) is 10.8. The van der Waals surface area contributed by atoms with E-state index in [4.69, 9.17) is 0 Å². The quantitative estimate of drug-likeness (QED) is 0.575. The number of hydrogen-bond acceptors (Lipinski definition) is 6. The standard InChI is InChI=1S/C30H39N3O3.ClH/c1-29-11-10-21(34)17-20(29)6-7-22-23-8-9-24(30(23,2)18-25(35)28(22)29)26(36)19-32-13-15-33(16-14-32)27-5-3-4-12-31-27;/h3-5,12,17,22-24,28H,6-11,13-16,18-19H2,1-2H3;1H/t22-,23-,24+,28+,29-,30-;/m0./s1. The van der Waals surface area contributed by atoms with E-state index in [0.29, 0.717) is 42.8 Å². The van der Waals surface area contributed by atoms with Gasteiger partial charge in [-0.2, -0.15) is 0 Å². The van der Waals surface area contributed by atoms with Crippen molar-refractivity contribution >= 4 is 35.6 Å². The summed E-state index contributed by atoms with van der Waals surface area (Å²) < 4.78 is 0. The first-order valence-corrected chi connectivity index (χ1v) is 14.0.